The molecule has 142 valence electrons. The molecule has 2 fully saturated rings. The van der Waals surface area contributed by atoms with Crippen LogP contribution in [0.4, 0.5) is 0 Å². The molecule has 4 rings (SSSR count). The normalized spacial score (nSPS) is 27.6. The van der Waals surface area contributed by atoms with Crippen molar-refractivity contribution in [1.82, 2.24) is 0 Å². The SMILES string of the molecule is CC(C)=CC1C2C(C(=O)O[C@@H](C#N)c3cccc(Oc4ccccc4)c3)C12C. The molecule has 5 atom stereocenters. The Bertz CT molecular complexity index is 971. The topological polar surface area (TPSA) is 59.3 Å². The standard InChI is InChI=1S/C24H23NO3/c1-15(2)12-19-21-22(24(19,21)3)23(26)28-20(14-25)16-8-7-11-18(13-16)27-17-9-5-4-6-10-17/h4-13,19-22H,1-3H3/t19?,20-,21?,22?,24?/m0/s1. The van der Waals surface area contributed by atoms with Crippen LogP contribution in [-0.4, -0.2) is 5.97 Å². The fourth-order valence-electron chi connectivity index (χ4n) is 4.23. The van der Waals surface area contributed by atoms with E-state index < -0.39 is 6.10 Å². The van der Waals surface area contributed by atoms with Crippen LogP contribution in [0, 0.1) is 34.5 Å². The van der Waals surface area contributed by atoms with Crippen molar-refractivity contribution in [2.24, 2.45) is 23.2 Å². The Morgan fingerprint density at radius 2 is 1.82 bits per heavy atom. The predicted octanol–water partition coefficient (Wildman–Crippen LogP) is 5.44. The highest BCUT2D eigenvalue weighted by molar-refractivity contribution is 5.82. The molecule has 0 heterocycles. The lowest BCUT2D eigenvalue weighted by Gasteiger charge is -2.17. The van der Waals surface area contributed by atoms with Crippen LogP contribution in [0.15, 0.2) is 66.2 Å². The zero-order chi connectivity index (χ0) is 19.9. The number of rotatable bonds is 6. The van der Waals surface area contributed by atoms with Crippen molar-refractivity contribution >= 4 is 5.97 Å². The monoisotopic (exact) mass is 373 g/mol. The zero-order valence-electron chi connectivity index (χ0n) is 16.3. The Morgan fingerprint density at radius 3 is 2.46 bits per heavy atom. The molecule has 0 aromatic heterocycles. The summed E-state index contributed by atoms with van der Waals surface area (Å²) in [6.45, 7) is 6.28. The third-order valence-corrected chi connectivity index (χ3v) is 5.89. The van der Waals surface area contributed by atoms with E-state index in [2.05, 4.69) is 32.9 Å². The van der Waals surface area contributed by atoms with Crippen LogP contribution in [0.25, 0.3) is 0 Å². The number of allylic oxidation sites excluding steroid dienone is 2. The second-order valence-electron chi connectivity index (χ2n) is 8.07. The number of esters is 1. The Balaban J connectivity index is 1.41. The molecule has 0 amide bonds. The molecule has 28 heavy (non-hydrogen) atoms. The van der Waals surface area contributed by atoms with Crippen LogP contribution >= 0.6 is 0 Å². The Hall–Kier alpha value is -3.06. The number of carbonyl (C=O) groups is 1. The minimum Gasteiger partial charge on any atom is -0.457 e. The number of nitriles is 1. The number of fused-ring (bicyclic) bond motifs is 1. The summed E-state index contributed by atoms with van der Waals surface area (Å²) >= 11 is 0. The smallest absolute Gasteiger partial charge is 0.311 e. The largest absolute Gasteiger partial charge is 0.457 e. The third kappa shape index (κ3) is 3.18. The van der Waals surface area contributed by atoms with Crippen LogP contribution in [-0.2, 0) is 9.53 Å². The number of nitrogens with zero attached hydrogens (tertiary/aromatic N) is 1. The highest BCUT2D eigenvalue weighted by Crippen LogP contribution is 2.84. The predicted molar refractivity (Wildman–Crippen MR) is 105 cm³/mol. The summed E-state index contributed by atoms with van der Waals surface area (Å²) in [6, 6.07) is 18.7. The molecule has 0 saturated heterocycles. The van der Waals surface area contributed by atoms with Gasteiger partial charge in [-0.3, -0.25) is 4.79 Å². The van der Waals surface area contributed by atoms with Gasteiger partial charge >= 0.3 is 5.97 Å². The number of carbonyl (C=O) groups excluding carboxylic acids is 1. The molecule has 4 unspecified atom stereocenters. The molecule has 4 nitrogen and oxygen atoms in total. The highest BCUT2D eigenvalue weighted by atomic mass is 16.5. The molecule has 2 aromatic carbocycles. The van der Waals surface area contributed by atoms with Crippen molar-refractivity contribution < 1.29 is 14.3 Å². The maximum absolute atomic E-state index is 12.6. The van der Waals surface area contributed by atoms with Crippen LogP contribution < -0.4 is 4.74 Å². The summed E-state index contributed by atoms with van der Waals surface area (Å²) in [5.74, 6) is 1.78. The summed E-state index contributed by atoms with van der Waals surface area (Å²) in [5.41, 5.74) is 1.91. The fraction of sp³-hybridized carbons (Fsp3) is 0.333. The number of benzene rings is 2. The van der Waals surface area contributed by atoms with Gasteiger partial charge in [-0.2, -0.15) is 5.26 Å². The fourth-order valence-corrected chi connectivity index (χ4v) is 4.23. The lowest BCUT2D eigenvalue weighted by atomic mass is 9.96. The van der Waals surface area contributed by atoms with E-state index in [4.69, 9.17) is 9.47 Å². The average Bonchev–Trinajstić information content (AvgIpc) is 3.50. The molecular weight excluding hydrogens is 350 g/mol. The van der Waals surface area contributed by atoms with E-state index in [-0.39, 0.29) is 17.3 Å². The van der Waals surface area contributed by atoms with Gasteiger partial charge in [0.15, 0.2) is 0 Å². The summed E-state index contributed by atoms with van der Waals surface area (Å²) in [7, 11) is 0. The minimum absolute atomic E-state index is 0.0205. The Morgan fingerprint density at radius 1 is 1.14 bits per heavy atom. The third-order valence-electron chi connectivity index (χ3n) is 5.89. The van der Waals surface area contributed by atoms with Crippen molar-refractivity contribution in [2.75, 3.05) is 0 Å². The van der Waals surface area contributed by atoms with Crippen molar-refractivity contribution in [3.63, 3.8) is 0 Å². The number of ether oxygens (including phenoxy) is 2. The molecule has 2 aliphatic rings. The number of hydrogen-bond acceptors (Lipinski definition) is 4. The highest BCUT2D eigenvalue weighted by Gasteiger charge is 2.85. The van der Waals surface area contributed by atoms with Gasteiger partial charge in [0.05, 0.1) is 5.92 Å². The van der Waals surface area contributed by atoms with Crippen molar-refractivity contribution in [1.29, 1.82) is 5.26 Å². The van der Waals surface area contributed by atoms with Crippen LogP contribution in [0.3, 0.4) is 0 Å². The van der Waals surface area contributed by atoms with Crippen molar-refractivity contribution in [3.05, 3.63) is 71.8 Å². The molecule has 0 aliphatic heterocycles. The second kappa shape index (κ2) is 6.83. The van der Waals surface area contributed by atoms with Gasteiger partial charge < -0.3 is 9.47 Å². The lowest BCUT2D eigenvalue weighted by Crippen LogP contribution is -2.20. The van der Waals surface area contributed by atoms with Gasteiger partial charge in [0.1, 0.15) is 17.6 Å². The van der Waals surface area contributed by atoms with Gasteiger partial charge in [0.2, 0.25) is 6.10 Å². The first kappa shape index (κ1) is 18.3. The van der Waals surface area contributed by atoms with E-state index in [1.54, 1.807) is 18.2 Å². The maximum atomic E-state index is 12.6. The molecule has 0 N–H and O–H groups in total. The summed E-state index contributed by atoms with van der Waals surface area (Å²) < 4.78 is 11.4. The molecule has 0 bridgehead atoms. The van der Waals surface area contributed by atoms with Gasteiger partial charge in [-0.1, -0.05) is 48.9 Å². The molecule has 2 saturated carbocycles. The minimum atomic E-state index is -0.933. The van der Waals surface area contributed by atoms with Crippen molar-refractivity contribution in [2.45, 2.75) is 26.9 Å². The molecule has 2 aliphatic carbocycles. The van der Waals surface area contributed by atoms with E-state index >= 15 is 0 Å². The van der Waals surface area contributed by atoms with Gasteiger partial charge in [0.25, 0.3) is 0 Å². The first-order valence-electron chi connectivity index (χ1n) is 9.53. The summed E-state index contributed by atoms with van der Waals surface area (Å²) in [5, 5.41) is 9.55. The van der Waals surface area contributed by atoms with E-state index in [1.807, 2.05) is 36.4 Å². The molecule has 0 spiro atoms. The van der Waals surface area contributed by atoms with E-state index in [0.717, 1.165) is 0 Å². The lowest BCUT2D eigenvalue weighted by molar-refractivity contribution is -0.151. The van der Waals surface area contributed by atoms with E-state index in [1.165, 1.54) is 5.57 Å². The van der Waals surface area contributed by atoms with Crippen LogP contribution in [0.2, 0.25) is 0 Å². The van der Waals surface area contributed by atoms with Crippen molar-refractivity contribution in [3.8, 4) is 17.6 Å². The number of hydrogen-bond donors (Lipinski definition) is 0. The molecule has 0 radical (unpaired) electrons. The Kier molecular flexibility index (Phi) is 4.47. The summed E-state index contributed by atoms with van der Waals surface area (Å²) in [4.78, 5) is 12.6. The molecule has 2 aromatic rings. The molecule has 4 heteroatoms. The van der Waals surface area contributed by atoms with Crippen LogP contribution in [0.1, 0.15) is 32.4 Å². The first-order chi connectivity index (χ1) is 13.4. The summed E-state index contributed by atoms with van der Waals surface area (Å²) in [6.07, 6.45) is 1.30. The molecular formula is C24H23NO3. The Labute approximate surface area is 165 Å². The zero-order valence-corrected chi connectivity index (χ0v) is 16.3. The van der Waals surface area contributed by atoms with Gasteiger partial charge in [-0.15, -0.1) is 0 Å². The van der Waals surface area contributed by atoms with Gasteiger partial charge in [-0.25, -0.2) is 0 Å². The first-order valence-corrected chi connectivity index (χ1v) is 9.53. The van der Waals surface area contributed by atoms with Gasteiger partial charge in [-0.05, 0) is 55.4 Å². The van der Waals surface area contributed by atoms with Crippen LogP contribution in [0.5, 0.6) is 11.5 Å². The van der Waals surface area contributed by atoms with E-state index in [0.29, 0.717) is 28.9 Å². The average molecular weight is 373 g/mol. The quantitative estimate of drug-likeness (QED) is 0.500. The van der Waals surface area contributed by atoms with Gasteiger partial charge in [0, 0.05) is 5.56 Å². The number of para-hydroxylation sites is 1. The van der Waals surface area contributed by atoms with E-state index in [9.17, 15) is 10.1 Å². The maximum Gasteiger partial charge on any atom is 0.311 e. The second-order valence-corrected chi connectivity index (χ2v) is 8.07.